The summed E-state index contributed by atoms with van der Waals surface area (Å²) in [5, 5.41) is 25.8. The monoisotopic (exact) mass is 664 g/mol. The van der Waals surface area contributed by atoms with Crippen molar-refractivity contribution in [1.82, 2.24) is 25.7 Å². The number of nitrogens with zero attached hydrogens (tertiary/aromatic N) is 4. The largest absolute Gasteiger partial charge is 0.489 e. The molecule has 4 heterocycles. The number of benzene rings is 1. The molecule has 5 rings (SSSR count). The molecule has 0 bridgehead atoms. The lowest BCUT2D eigenvalue weighted by atomic mass is 9.84. The number of anilines is 2. The third kappa shape index (κ3) is 7.04. The molecule has 3 aromatic rings. The second kappa shape index (κ2) is 12.4. The summed E-state index contributed by atoms with van der Waals surface area (Å²) < 4.78 is 41.1. The summed E-state index contributed by atoms with van der Waals surface area (Å²) >= 11 is 0.961. The predicted molar refractivity (Wildman–Crippen MR) is 159 cm³/mol. The zero-order valence-corrected chi connectivity index (χ0v) is 25.3. The zero-order chi connectivity index (χ0) is 32.5. The molecule has 0 spiro atoms. The highest BCUT2D eigenvalue weighted by molar-refractivity contribution is 7.80. The van der Waals surface area contributed by atoms with E-state index < -0.39 is 58.2 Å². The molecule has 240 valence electrons. The number of rotatable bonds is 13. The lowest BCUT2D eigenvalue weighted by Crippen LogP contribution is -2.76. The van der Waals surface area contributed by atoms with Crippen LogP contribution in [0.5, 0.6) is 5.75 Å². The molecular formula is C25H28N8O10S2. The highest BCUT2D eigenvalue weighted by atomic mass is 32.3. The summed E-state index contributed by atoms with van der Waals surface area (Å²) in [7, 11) is -5.01. The van der Waals surface area contributed by atoms with E-state index in [2.05, 4.69) is 35.4 Å². The van der Waals surface area contributed by atoms with Crippen LogP contribution < -0.4 is 26.4 Å². The van der Waals surface area contributed by atoms with Gasteiger partial charge in [-0.15, -0.1) is 15.6 Å². The van der Waals surface area contributed by atoms with Gasteiger partial charge in [-0.25, -0.2) is 14.8 Å². The van der Waals surface area contributed by atoms with Crippen molar-refractivity contribution < 1.29 is 46.3 Å². The fourth-order valence-electron chi connectivity index (χ4n) is 4.40. The maximum atomic E-state index is 13.2. The predicted octanol–water partition coefficient (Wildman–Crippen LogP) is -0.250. The van der Waals surface area contributed by atoms with Gasteiger partial charge >= 0.3 is 16.4 Å². The fourth-order valence-corrected chi connectivity index (χ4v) is 5.40. The summed E-state index contributed by atoms with van der Waals surface area (Å²) in [6.07, 6.45) is -0.0335. The number of thiazole rings is 1. The number of aliphatic carboxylic acids is 1. The van der Waals surface area contributed by atoms with Crippen molar-refractivity contribution in [3.8, 4) is 5.75 Å². The van der Waals surface area contributed by atoms with Gasteiger partial charge in [0.25, 0.3) is 17.9 Å². The summed E-state index contributed by atoms with van der Waals surface area (Å²) in [4.78, 5) is 51.3. The molecule has 2 atom stereocenters. The normalized spacial score (nSPS) is 18.9. The number of nitrogen functional groups attached to an aromatic ring is 1. The lowest BCUT2D eigenvalue weighted by Gasteiger charge is -2.50. The Morgan fingerprint density at radius 2 is 2.07 bits per heavy atom. The van der Waals surface area contributed by atoms with Crippen LogP contribution in [0.15, 0.2) is 41.0 Å². The van der Waals surface area contributed by atoms with Crippen molar-refractivity contribution in [3.63, 3.8) is 0 Å². The first-order valence-electron chi connectivity index (χ1n) is 13.2. The Morgan fingerprint density at radius 3 is 2.67 bits per heavy atom. The number of carbonyl (C=O) groups excluding carboxylic acids is 2. The van der Waals surface area contributed by atoms with Crippen LogP contribution in [0.3, 0.4) is 0 Å². The van der Waals surface area contributed by atoms with Gasteiger partial charge in [-0.2, -0.15) is 13.5 Å². The van der Waals surface area contributed by atoms with E-state index >= 15 is 0 Å². The topological polar surface area (TPSA) is 257 Å². The van der Waals surface area contributed by atoms with E-state index in [1.807, 2.05) is 0 Å². The molecule has 0 aliphatic carbocycles. The average molecular weight is 665 g/mol. The minimum Gasteiger partial charge on any atom is -0.489 e. The van der Waals surface area contributed by atoms with Crippen LogP contribution in [0.25, 0.3) is 10.8 Å². The number of hydrogen-bond acceptors (Lipinski definition) is 15. The number of carboxylic acids is 1. The number of aromatic nitrogens is 2. The maximum Gasteiger partial charge on any atom is 0.418 e. The number of nitrogens with one attached hydrogen (secondary N) is 3. The van der Waals surface area contributed by atoms with Gasteiger partial charge in [0.2, 0.25) is 0 Å². The van der Waals surface area contributed by atoms with E-state index in [1.54, 1.807) is 30.5 Å². The molecule has 20 heteroatoms. The second-order valence-corrected chi connectivity index (χ2v) is 12.4. The zero-order valence-electron chi connectivity index (χ0n) is 23.7. The number of nitrogens with two attached hydrogens (primary N) is 1. The van der Waals surface area contributed by atoms with E-state index in [0.717, 1.165) is 35.2 Å². The van der Waals surface area contributed by atoms with Crippen molar-refractivity contribution in [2.24, 2.45) is 5.16 Å². The van der Waals surface area contributed by atoms with Crippen LogP contribution in [0.2, 0.25) is 0 Å². The summed E-state index contributed by atoms with van der Waals surface area (Å²) in [6.45, 7) is 3.89. The van der Waals surface area contributed by atoms with Gasteiger partial charge in [0.05, 0.1) is 11.6 Å². The molecule has 2 aliphatic heterocycles. The first-order valence-corrected chi connectivity index (χ1v) is 15.5. The van der Waals surface area contributed by atoms with Gasteiger partial charge in [0.15, 0.2) is 10.8 Å². The average Bonchev–Trinajstić information content (AvgIpc) is 3.38. The Labute approximate surface area is 259 Å². The number of oxime groups is 1. The van der Waals surface area contributed by atoms with Gasteiger partial charge in [0.1, 0.15) is 29.9 Å². The molecule has 1 unspecified atom stereocenters. The first kappa shape index (κ1) is 31.8. The standard InChI is InChI=1S/C25H28N8O10S2/c1-25(2)19(22(35)33(25)43-45(38,39)40)31-21(34)18(16-11-44-24(26)30-16)32-42-17(23(36)37)10-41-14-3-4-15-12(7-14)5-6-28-20(15)29-13-8-27-9-13/h3-7,11,13,17,19,27H,8-10H2,1-2H3,(H2,26,30)(H,28,29)(H,31,34)(H,36,37)(H,38,39,40)/b32-18-/t17?,19-/m1/s1. The third-order valence-corrected chi connectivity index (χ3v) is 7.92. The van der Waals surface area contributed by atoms with Crippen LogP contribution in [0, 0.1) is 0 Å². The molecule has 45 heavy (non-hydrogen) atoms. The van der Waals surface area contributed by atoms with Crippen LogP contribution in [0.4, 0.5) is 10.9 Å². The highest BCUT2D eigenvalue weighted by Crippen LogP contribution is 2.33. The molecule has 2 aromatic heterocycles. The molecule has 2 saturated heterocycles. The number of fused-ring (bicyclic) bond motifs is 1. The van der Waals surface area contributed by atoms with Crippen molar-refractivity contribution in [2.75, 3.05) is 30.7 Å². The fraction of sp³-hybridized carbons (Fsp3) is 0.360. The number of β-lactam (4-membered cyclic amide) rings is 1. The lowest BCUT2D eigenvalue weighted by molar-refractivity contribution is -0.218. The van der Waals surface area contributed by atoms with E-state index in [-0.39, 0.29) is 16.9 Å². The van der Waals surface area contributed by atoms with Crippen LogP contribution in [0.1, 0.15) is 19.5 Å². The number of carboxylic acid groups (broad SMARTS) is 1. The summed E-state index contributed by atoms with van der Waals surface area (Å²) in [5.74, 6) is -2.40. The van der Waals surface area contributed by atoms with Crippen molar-refractivity contribution in [2.45, 2.75) is 37.6 Å². The van der Waals surface area contributed by atoms with Crippen LogP contribution >= 0.6 is 11.3 Å². The highest BCUT2D eigenvalue weighted by Gasteiger charge is 2.58. The number of pyridine rings is 1. The van der Waals surface area contributed by atoms with E-state index in [1.165, 1.54) is 19.2 Å². The smallest absolute Gasteiger partial charge is 0.418 e. The Balaban J connectivity index is 1.29. The molecule has 2 amide bonds. The van der Waals surface area contributed by atoms with Gasteiger partial charge in [0, 0.05) is 30.1 Å². The molecule has 7 N–H and O–H groups in total. The molecule has 1 aromatic carbocycles. The number of hydrogen-bond donors (Lipinski definition) is 6. The van der Waals surface area contributed by atoms with Crippen LogP contribution in [-0.4, -0.2) is 100 Å². The quantitative estimate of drug-likeness (QED) is 0.0596. The van der Waals surface area contributed by atoms with Gasteiger partial charge in [-0.05, 0) is 43.5 Å². The van der Waals surface area contributed by atoms with Crippen molar-refractivity contribution >= 4 is 67.0 Å². The Morgan fingerprint density at radius 1 is 1.31 bits per heavy atom. The molecule has 0 radical (unpaired) electrons. The molecular weight excluding hydrogens is 636 g/mol. The number of amides is 2. The second-order valence-electron chi connectivity index (χ2n) is 10.5. The molecule has 18 nitrogen and oxygen atoms in total. The van der Waals surface area contributed by atoms with E-state index in [9.17, 15) is 27.9 Å². The molecule has 2 fully saturated rings. The minimum atomic E-state index is -5.01. The van der Waals surface area contributed by atoms with E-state index in [0.29, 0.717) is 16.6 Å². The maximum absolute atomic E-state index is 13.2. The molecule has 2 aliphatic rings. The Hall–Kier alpha value is -4.63. The number of ether oxygens (including phenoxy) is 1. The van der Waals surface area contributed by atoms with E-state index in [4.69, 9.17) is 19.9 Å². The molecule has 0 saturated carbocycles. The Kier molecular flexibility index (Phi) is 8.76. The first-order chi connectivity index (χ1) is 21.2. The number of hydroxylamine groups is 2. The Bertz CT molecular complexity index is 1780. The number of carbonyl (C=O) groups is 3. The summed E-state index contributed by atoms with van der Waals surface area (Å²) in [6, 6.07) is 5.90. The third-order valence-electron chi connectivity index (χ3n) is 6.91. The summed E-state index contributed by atoms with van der Waals surface area (Å²) in [5.41, 5.74) is 3.67. The van der Waals surface area contributed by atoms with Gasteiger partial charge < -0.3 is 36.4 Å². The van der Waals surface area contributed by atoms with Crippen molar-refractivity contribution in [3.05, 3.63) is 41.5 Å². The van der Waals surface area contributed by atoms with Crippen LogP contribution in [-0.2, 0) is 33.9 Å². The van der Waals surface area contributed by atoms with Crippen molar-refractivity contribution in [1.29, 1.82) is 0 Å². The minimum absolute atomic E-state index is 0.0608. The van der Waals surface area contributed by atoms with Gasteiger partial charge in [-0.1, -0.05) is 5.16 Å². The SMILES string of the molecule is CC1(C)[C@H](NC(=O)/C(=N\OC(COc2ccc3c(NC4CNC4)nccc3c2)C(=O)O)c2csc(N)n2)C(=O)N1OS(=O)(=O)O. The van der Waals surface area contributed by atoms with Gasteiger partial charge in [-0.3, -0.25) is 14.1 Å².